The number of aliphatic hydroxyl groups is 1. The van der Waals surface area contributed by atoms with Crippen LogP contribution in [0.2, 0.25) is 0 Å². The zero-order valence-electron chi connectivity index (χ0n) is 10.7. The molecule has 18 heavy (non-hydrogen) atoms. The molecule has 1 aromatic carbocycles. The Hall–Kier alpha value is -1.39. The Kier molecular flexibility index (Phi) is 4.33. The molecule has 0 aliphatic carbocycles. The van der Waals surface area contributed by atoms with Gasteiger partial charge in [-0.05, 0) is 31.5 Å². The van der Waals surface area contributed by atoms with E-state index in [1.807, 2.05) is 17.5 Å². The largest absolute Gasteiger partial charge is 0.381 e. The summed E-state index contributed by atoms with van der Waals surface area (Å²) in [5.74, 6) is 0. The summed E-state index contributed by atoms with van der Waals surface area (Å²) < 4.78 is 0. The highest BCUT2D eigenvalue weighted by molar-refractivity contribution is 7.09. The highest BCUT2D eigenvalue weighted by Gasteiger charge is 2.13. The van der Waals surface area contributed by atoms with Crippen molar-refractivity contribution in [1.82, 2.24) is 4.98 Å². The zero-order chi connectivity index (χ0) is 13.0. The van der Waals surface area contributed by atoms with Gasteiger partial charge >= 0.3 is 0 Å². The van der Waals surface area contributed by atoms with Gasteiger partial charge in [0.25, 0.3) is 0 Å². The van der Waals surface area contributed by atoms with E-state index < -0.39 is 6.10 Å². The van der Waals surface area contributed by atoms with E-state index in [9.17, 15) is 5.11 Å². The summed E-state index contributed by atoms with van der Waals surface area (Å²) in [4.78, 5) is 6.42. The molecule has 1 unspecified atom stereocenters. The zero-order valence-corrected chi connectivity index (χ0v) is 11.5. The summed E-state index contributed by atoms with van der Waals surface area (Å²) in [7, 11) is 0. The summed E-state index contributed by atoms with van der Waals surface area (Å²) in [6.45, 7) is 6.26. The van der Waals surface area contributed by atoms with Gasteiger partial charge in [0.15, 0.2) is 0 Å². The van der Waals surface area contributed by atoms with Gasteiger partial charge < -0.3 is 10.0 Å². The monoisotopic (exact) mass is 262 g/mol. The predicted molar refractivity (Wildman–Crippen MR) is 76.2 cm³/mol. The van der Waals surface area contributed by atoms with Crippen LogP contribution in [0.15, 0.2) is 35.8 Å². The third kappa shape index (κ3) is 2.71. The van der Waals surface area contributed by atoms with Crippen molar-refractivity contribution < 1.29 is 5.11 Å². The molecule has 4 heteroatoms. The van der Waals surface area contributed by atoms with Gasteiger partial charge in [0.05, 0.1) is 0 Å². The van der Waals surface area contributed by atoms with E-state index in [1.165, 1.54) is 17.0 Å². The van der Waals surface area contributed by atoms with Gasteiger partial charge in [-0.1, -0.05) is 12.1 Å². The molecule has 0 amide bonds. The summed E-state index contributed by atoms with van der Waals surface area (Å²) in [5.41, 5.74) is 2.08. The Morgan fingerprint density at radius 2 is 1.89 bits per heavy atom. The highest BCUT2D eigenvalue weighted by Crippen LogP contribution is 2.25. The lowest BCUT2D eigenvalue weighted by molar-refractivity contribution is 0.220. The molecule has 0 saturated carbocycles. The van der Waals surface area contributed by atoms with E-state index in [1.54, 1.807) is 6.20 Å². The minimum Gasteiger partial charge on any atom is -0.381 e. The van der Waals surface area contributed by atoms with Crippen molar-refractivity contribution in [3.63, 3.8) is 0 Å². The van der Waals surface area contributed by atoms with Crippen molar-refractivity contribution in [2.24, 2.45) is 0 Å². The van der Waals surface area contributed by atoms with E-state index in [2.05, 4.69) is 35.9 Å². The fourth-order valence-electron chi connectivity index (χ4n) is 1.97. The Labute approximate surface area is 112 Å². The summed E-state index contributed by atoms with van der Waals surface area (Å²) in [5, 5.41) is 12.8. The molecule has 0 radical (unpaired) electrons. The molecular weight excluding hydrogens is 244 g/mol. The quantitative estimate of drug-likeness (QED) is 0.899. The Morgan fingerprint density at radius 1 is 1.22 bits per heavy atom. The molecule has 3 nitrogen and oxygen atoms in total. The van der Waals surface area contributed by atoms with Crippen LogP contribution in [0.1, 0.15) is 30.5 Å². The Balaban J connectivity index is 2.17. The van der Waals surface area contributed by atoms with Gasteiger partial charge in [-0.2, -0.15) is 0 Å². The lowest BCUT2D eigenvalue weighted by Gasteiger charge is -2.21. The maximum Gasteiger partial charge on any atom is 0.131 e. The Bertz CT molecular complexity index is 463. The van der Waals surface area contributed by atoms with Crippen LogP contribution >= 0.6 is 11.3 Å². The standard InChI is InChI=1S/C14H18N2OS/c1-3-16(4-2)12-7-5-11(6-8-12)13(17)14-15-9-10-18-14/h5-10,13,17H,3-4H2,1-2H3. The van der Waals surface area contributed by atoms with Crippen molar-refractivity contribution in [2.75, 3.05) is 18.0 Å². The van der Waals surface area contributed by atoms with Gasteiger partial charge in [0.1, 0.15) is 11.1 Å². The van der Waals surface area contributed by atoms with Crippen LogP contribution in [-0.2, 0) is 0 Å². The smallest absolute Gasteiger partial charge is 0.131 e. The molecule has 96 valence electrons. The molecule has 1 atom stereocenters. The van der Waals surface area contributed by atoms with Gasteiger partial charge in [-0.3, -0.25) is 0 Å². The maximum absolute atomic E-state index is 10.2. The molecule has 0 spiro atoms. The van der Waals surface area contributed by atoms with Crippen molar-refractivity contribution in [3.8, 4) is 0 Å². The molecule has 2 aromatic rings. The molecule has 2 rings (SSSR count). The molecular formula is C14H18N2OS. The number of nitrogens with zero attached hydrogens (tertiary/aromatic N) is 2. The molecule has 1 N–H and O–H groups in total. The van der Waals surface area contributed by atoms with Crippen LogP contribution in [0.5, 0.6) is 0 Å². The topological polar surface area (TPSA) is 36.4 Å². The van der Waals surface area contributed by atoms with E-state index in [-0.39, 0.29) is 0 Å². The lowest BCUT2D eigenvalue weighted by atomic mass is 10.1. The number of aliphatic hydroxyl groups excluding tert-OH is 1. The summed E-state index contributed by atoms with van der Waals surface area (Å²) >= 11 is 1.47. The van der Waals surface area contributed by atoms with Crippen LogP contribution < -0.4 is 4.90 Å². The van der Waals surface area contributed by atoms with Crippen LogP contribution in [0.3, 0.4) is 0 Å². The molecule has 0 fully saturated rings. The summed E-state index contributed by atoms with van der Waals surface area (Å²) in [6.07, 6.45) is 1.10. The van der Waals surface area contributed by atoms with Gasteiger partial charge in [0.2, 0.25) is 0 Å². The van der Waals surface area contributed by atoms with E-state index in [0.717, 1.165) is 23.7 Å². The molecule has 0 saturated heterocycles. The first-order valence-electron chi connectivity index (χ1n) is 6.18. The highest BCUT2D eigenvalue weighted by atomic mass is 32.1. The molecule has 0 aliphatic rings. The second-order valence-corrected chi connectivity index (χ2v) is 4.96. The lowest BCUT2D eigenvalue weighted by Crippen LogP contribution is -2.21. The number of aromatic nitrogens is 1. The molecule has 0 bridgehead atoms. The minimum absolute atomic E-state index is 0.615. The molecule has 1 heterocycles. The third-order valence-electron chi connectivity index (χ3n) is 3.02. The fraction of sp³-hybridized carbons (Fsp3) is 0.357. The van der Waals surface area contributed by atoms with Gasteiger partial charge in [0, 0.05) is 30.4 Å². The first-order valence-corrected chi connectivity index (χ1v) is 7.06. The third-order valence-corrected chi connectivity index (χ3v) is 3.85. The molecule has 0 aliphatic heterocycles. The summed E-state index contributed by atoms with van der Waals surface area (Å²) in [6, 6.07) is 8.05. The fourth-order valence-corrected chi connectivity index (χ4v) is 2.62. The van der Waals surface area contributed by atoms with E-state index >= 15 is 0 Å². The van der Waals surface area contributed by atoms with Crippen LogP contribution in [0.4, 0.5) is 5.69 Å². The second-order valence-electron chi connectivity index (χ2n) is 4.04. The number of hydrogen-bond donors (Lipinski definition) is 1. The first-order chi connectivity index (χ1) is 8.76. The average molecular weight is 262 g/mol. The maximum atomic E-state index is 10.2. The van der Waals surface area contributed by atoms with Crippen molar-refractivity contribution in [3.05, 3.63) is 46.4 Å². The number of rotatable bonds is 5. The average Bonchev–Trinajstić information content (AvgIpc) is 2.94. The normalized spacial score (nSPS) is 12.4. The number of anilines is 1. The van der Waals surface area contributed by atoms with E-state index in [4.69, 9.17) is 0 Å². The van der Waals surface area contributed by atoms with Gasteiger partial charge in [-0.25, -0.2) is 4.98 Å². The molecule has 1 aromatic heterocycles. The first kappa shape index (κ1) is 13.1. The van der Waals surface area contributed by atoms with Crippen LogP contribution in [0.25, 0.3) is 0 Å². The van der Waals surface area contributed by atoms with Crippen LogP contribution in [-0.4, -0.2) is 23.2 Å². The second kappa shape index (κ2) is 5.98. The van der Waals surface area contributed by atoms with Crippen molar-refractivity contribution >= 4 is 17.0 Å². The number of benzene rings is 1. The predicted octanol–water partition coefficient (Wildman–Crippen LogP) is 3.07. The number of thiazole rings is 1. The van der Waals surface area contributed by atoms with E-state index in [0.29, 0.717) is 0 Å². The Morgan fingerprint density at radius 3 is 2.39 bits per heavy atom. The van der Waals surface area contributed by atoms with Crippen molar-refractivity contribution in [1.29, 1.82) is 0 Å². The van der Waals surface area contributed by atoms with Crippen LogP contribution in [0, 0.1) is 0 Å². The number of hydrogen-bond acceptors (Lipinski definition) is 4. The van der Waals surface area contributed by atoms with Crippen molar-refractivity contribution in [2.45, 2.75) is 20.0 Å². The SMILES string of the molecule is CCN(CC)c1ccc(C(O)c2nccs2)cc1. The minimum atomic E-state index is -0.615. The van der Waals surface area contributed by atoms with Gasteiger partial charge in [-0.15, -0.1) is 11.3 Å².